The Labute approximate surface area is 69.9 Å². The maximum absolute atomic E-state index is 10.9. The number of alkyl halides is 1. The van der Waals surface area contributed by atoms with Gasteiger partial charge in [0.05, 0.1) is 5.33 Å². The van der Waals surface area contributed by atoms with Crippen molar-refractivity contribution in [1.82, 2.24) is 10.2 Å². The molecule has 1 N–H and O–H groups in total. The molecule has 0 atom stereocenters. The molecule has 0 saturated heterocycles. The highest BCUT2D eigenvalue weighted by Crippen LogP contribution is 1.87. The number of carbonyl (C=O) groups is 1. The zero-order valence-electron chi connectivity index (χ0n) is 6.35. The molecule has 0 aliphatic heterocycles. The summed E-state index contributed by atoms with van der Waals surface area (Å²) >= 11 is 3.10. The van der Waals surface area contributed by atoms with Crippen LogP contribution in [0.4, 0.5) is 0 Å². The van der Waals surface area contributed by atoms with Crippen molar-refractivity contribution in [1.29, 1.82) is 0 Å². The van der Waals surface area contributed by atoms with Gasteiger partial charge in [-0.15, -0.1) is 0 Å². The molecule has 0 fully saturated rings. The average molecular weight is 209 g/mol. The molecule has 1 amide bonds. The smallest absolute Gasteiger partial charge is 0.233 e. The molecule has 0 aromatic heterocycles. The van der Waals surface area contributed by atoms with Crippen LogP contribution in [0.3, 0.4) is 0 Å². The van der Waals surface area contributed by atoms with Crippen molar-refractivity contribution in [2.24, 2.45) is 0 Å². The summed E-state index contributed by atoms with van der Waals surface area (Å²) in [5.74, 6) is 0.121. The molecule has 60 valence electrons. The molecule has 0 spiro atoms. The van der Waals surface area contributed by atoms with Crippen LogP contribution in [0.25, 0.3) is 0 Å². The Morgan fingerprint density at radius 3 is 2.70 bits per heavy atom. The molecule has 0 rings (SSSR count). The highest BCUT2D eigenvalue weighted by atomic mass is 79.9. The predicted octanol–water partition coefficient (Wildman–Crippen LogP) is 0.0591. The average Bonchev–Trinajstić information content (AvgIpc) is 1.98. The Morgan fingerprint density at radius 1 is 1.70 bits per heavy atom. The number of nitrogens with zero attached hydrogens (tertiary/aromatic N) is 1. The molecule has 0 aromatic rings. The first kappa shape index (κ1) is 9.91. The quantitative estimate of drug-likeness (QED) is 0.664. The molecule has 0 bridgehead atoms. The summed E-state index contributed by atoms with van der Waals surface area (Å²) in [6.45, 7) is 1.61. The van der Waals surface area contributed by atoms with Crippen LogP contribution < -0.4 is 5.32 Å². The largest absolute Gasteiger partial charge is 0.344 e. The van der Waals surface area contributed by atoms with Crippen LogP contribution in [-0.2, 0) is 4.79 Å². The Bertz CT molecular complexity index is 108. The minimum absolute atomic E-state index is 0.121. The van der Waals surface area contributed by atoms with Crippen LogP contribution in [0.5, 0.6) is 0 Å². The van der Waals surface area contributed by atoms with Gasteiger partial charge in [0.2, 0.25) is 5.91 Å². The highest BCUT2D eigenvalue weighted by molar-refractivity contribution is 9.09. The van der Waals surface area contributed by atoms with Crippen LogP contribution in [-0.4, -0.2) is 43.3 Å². The molecule has 3 nitrogen and oxygen atoms in total. The van der Waals surface area contributed by atoms with E-state index in [4.69, 9.17) is 0 Å². The molecule has 0 saturated carbocycles. The van der Waals surface area contributed by atoms with Crippen molar-refractivity contribution < 1.29 is 4.79 Å². The fourth-order valence-electron chi connectivity index (χ4n) is 0.506. The fourth-order valence-corrected chi connectivity index (χ4v) is 0.934. The van der Waals surface area contributed by atoms with Gasteiger partial charge in [0, 0.05) is 20.1 Å². The molecule has 4 heteroatoms. The van der Waals surface area contributed by atoms with Crippen LogP contribution in [0.1, 0.15) is 0 Å². The van der Waals surface area contributed by atoms with Crippen LogP contribution in [0.15, 0.2) is 0 Å². The van der Waals surface area contributed by atoms with E-state index in [-0.39, 0.29) is 5.91 Å². The number of hydrogen-bond donors (Lipinski definition) is 1. The molecule has 0 unspecified atom stereocenters. The summed E-state index contributed by atoms with van der Waals surface area (Å²) in [6, 6.07) is 0. The normalized spacial score (nSPS) is 9.50. The van der Waals surface area contributed by atoms with Gasteiger partial charge < -0.3 is 10.2 Å². The van der Waals surface area contributed by atoms with Gasteiger partial charge in [-0.25, -0.2) is 0 Å². The van der Waals surface area contributed by atoms with Crippen LogP contribution >= 0.6 is 15.9 Å². The van der Waals surface area contributed by atoms with Gasteiger partial charge in [-0.2, -0.15) is 0 Å². The van der Waals surface area contributed by atoms with E-state index in [0.717, 1.165) is 13.1 Å². The molecule has 0 aromatic carbocycles. The zero-order chi connectivity index (χ0) is 7.98. The summed E-state index contributed by atoms with van der Waals surface area (Å²) in [5, 5.41) is 3.38. The van der Waals surface area contributed by atoms with E-state index in [1.807, 2.05) is 7.05 Å². The lowest BCUT2D eigenvalue weighted by Gasteiger charge is -2.14. The van der Waals surface area contributed by atoms with Crippen molar-refractivity contribution in [3.63, 3.8) is 0 Å². The van der Waals surface area contributed by atoms with Gasteiger partial charge in [0.25, 0.3) is 0 Å². The number of halogens is 1. The van der Waals surface area contributed by atoms with E-state index in [0.29, 0.717) is 5.33 Å². The minimum atomic E-state index is 0.121. The molecule has 0 heterocycles. The van der Waals surface area contributed by atoms with E-state index in [1.54, 1.807) is 11.9 Å². The number of amides is 1. The van der Waals surface area contributed by atoms with Gasteiger partial charge in [-0.3, -0.25) is 4.79 Å². The monoisotopic (exact) mass is 208 g/mol. The topological polar surface area (TPSA) is 32.3 Å². The maximum atomic E-state index is 10.9. The standard InChI is InChI=1S/C6H13BrN2O/c1-8-3-4-9(2)6(10)5-7/h8H,3-5H2,1-2H3. The van der Waals surface area contributed by atoms with E-state index >= 15 is 0 Å². The SMILES string of the molecule is CNCCN(C)C(=O)CBr. The first-order valence-corrected chi connectivity index (χ1v) is 4.29. The summed E-state index contributed by atoms with van der Waals surface area (Å²) in [6.07, 6.45) is 0. The van der Waals surface area contributed by atoms with Crippen molar-refractivity contribution in [2.75, 3.05) is 32.5 Å². The maximum Gasteiger partial charge on any atom is 0.233 e. The van der Waals surface area contributed by atoms with Gasteiger partial charge >= 0.3 is 0 Å². The second-order valence-electron chi connectivity index (χ2n) is 2.05. The number of likely N-dealkylation sites (N-methyl/N-ethyl adjacent to an activating group) is 2. The molecule has 0 aliphatic rings. The number of hydrogen-bond acceptors (Lipinski definition) is 2. The Hall–Kier alpha value is -0.0900. The summed E-state index contributed by atoms with van der Waals surface area (Å²) < 4.78 is 0. The molecule has 0 radical (unpaired) electrons. The number of carbonyl (C=O) groups excluding carboxylic acids is 1. The van der Waals surface area contributed by atoms with Gasteiger partial charge in [0.15, 0.2) is 0 Å². The van der Waals surface area contributed by atoms with Crippen LogP contribution in [0, 0.1) is 0 Å². The summed E-state index contributed by atoms with van der Waals surface area (Å²) in [4.78, 5) is 12.6. The summed E-state index contributed by atoms with van der Waals surface area (Å²) in [7, 11) is 3.66. The molecular formula is C6H13BrN2O. The van der Waals surface area contributed by atoms with Crippen LogP contribution in [0.2, 0.25) is 0 Å². The second kappa shape index (κ2) is 5.68. The lowest BCUT2D eigenvalue weighted by molar-refractivity contribution is -0.126. The second-order valence-corrected chi connectivity index (χ2v) is 2.61. The minimum Gasteiger partial charge on any atom is -0.344 e. The third kappa shape index (κ3) is 3.85. The third-order valence-corrected chi connectivity index (χ3v) is 1.72. The Balaban J connectivity index is 3.41. The first-order chi connectivity index (χ1) is 4.72. The van der Waals surface area contributed by atoms with E-state index in [2.05, 4.69) is 21.2 Å². The van der Waals surface area contributed by atoms with Gasteiger partial charge in [0.1, 0.15) is 0 Å². The van der Waals surface area contributed by atoms with Crippen molar-refractivity contribution in [2.45, 2.75) is 0 Å². The van der Waals surface area contributed by atoms with Crippen molar-refractivity contribution >= 4 is 21.8 Å². The molecule has 0 aliphatic carbocycles. The lowest BCUT2D eigenvalue weighted by atomic mass is 10.5. The molecule has 10 heavy (non-hydrogen) atoms. The Morgan fingerprint density at radius 2 is 2.30 bits per heavy atom. The van der Waals surface area contributed by atoms with Gasteiger partial charge in [-0.05, 0) is 7.05 Å². The molecular weight excluding hydrogens is 196 g/mol. The zero-order valence-corrected chi connectivity index (χ0v) is 7.94. The number of nitrogens with one attached hydrogen (secondary N) is 1. The van der Waals surface area contributed by atoms with Crippen molar-refractivity contribution in [3.05, 3.63) is 0 Å². The van der Waals surface area contributed by atoms with E-state index in [9.17, 15) is 4.79 Å². The fraction of sp³-hybridized carbons (Fsp3) is 0.833. The number of rotatable bonds is 4. The highest BCUT2D eigenvalue weighted by Gasteiger charge is 2.03. The van der Waals surface area contributed by atoms with Crippen molar-refractivity contribution in [3.8, 4) is 0 Å². The first-order valence-electron chi connectivity index (χ1n) is 3.17. The third-order valence-electron chi connectivity index (χ3n) is 1.24. The van der Waals surface area contributed by atoms with E-state index < -0.39 is 0 Å². The predicted molar refractivity (Wildman–Crippen MR) is 45.4 cm³/mol. The lowest BCUT2D eigenvalue weighted by Crippen LogP contribution is -2.33. The Kier molecular flexibility index (Phi) is 5.63. The van der Waals surface area contributed by atoms with Gasteiger partial charge in [-0.1, -0.05) is 15.9 Å². The summed E-state index contributed by atoms with van der Waals surface area (Å²) in [5.41, 5.74) is 0. The van der Waals surface area contributed by atoms with E-state index in [1.165, 1.54) is 0 Å².